The van der Waals surface area contributed by atoms with Gasteiger partial charge in [-0.15, -0.1) is 0 Å². The zero-order valence-corrected chi connectivity index (χ0v) is 10.5. The van der Waals surface area contributed by atoms with Gasteiger partial charge in [-0.25, -0.2) is 4.98 Å². The van der Waals surface area contributed by atoms with Gasteiger partial charge in [0.05, 0.1) is 11.1 Å². The quantitative estimate of drug-likeness (QED) is 0.910. The standard InChI is InChI=1S/C15H15N3O/c16-8-10-5-12(6-10)19-15-7-11(9-17)13-3-1-2-4-14(13)18-15/h1-4,7,10,12H,5-6,8,16H2. The molecule has 1 heterocycles. The van der Waals surface area contributed by atoms with E-state index in [2.05, 4.69) is 11.1 Å². The molecule has 96 valence electrons. The summed E-state index contributed by atoms with van der Waals surface area (Å²) in [6, 6.07) is 11.5. The number of nitriles is 1. The van der Waals surface area contributed by atoms with Crippen LogP contribution >= 0.6 is 0 Å². The molecule has 0 amide bonds. The molecule has 1 aromatic carbocycles. The molecule has 0 unspecified atom stereocenters. The Kier molecular flexibility index (Phi) is 3.06. The number of nitrogens with zero attached hydrogens (tertiary/aromatic N) is 2. The molecule has 4 nitrogen and oxygen atoms in total. The van der Waals surface area contributed by atoms with E-state index in [1.165, 1.54) is 0 Å². The van der Waals surface area contributed by atoms with E-state index in [4.69, 9.17) is 10.5 Å². The van der Waals surface area contributed by atoms with E-state index >= 15 is 0 Å². The Morgan fingerprint density at radius 1 is 1.37 bits per heavy atom. The van der Waals surface area contributed by atoms with Crippen LogP contribution in [0, 0.1) is 17.2 Å². The minimum atomic E-state index is 0.189. The number of nitrogens with two attached hydrogens (primary N) is 1. The summed E-state index contributed by atoms with van der Waals surface area (Å²) in [7, 11) is 0. The Labute approximate surface area is 111 Å². The van der Waals surface area contributed by atoms with E-state index in [0.717, 1.165) is 23.7 Å². The molecule has 1 saturated carbocycles. The van der Waals surface area contributed by atoms with Gasteiger partial charge in [0.15, 0.2) is 0 Å². The SMILES string of the molecule is N#Cc1cc(OC2CC(CN)C2)nc2ccccc12. The van der Waals surface area contributed by atoms with Gasteiger partial charge in [-0.3, -0.25) is 0 Å². The van der Waals surface area contributed by atoms with Crippen molar-refractivity contribution < 1.29 is 4.74 Å². The molecule has 2 N–H and O–H groups in total. The Morgan fingerprint density at radius 2 is 2.16 bits per heavy atom. The third kappa shape index (κ3) is 2.25. The summed E-state index contributed by atoms with van der Waals surface area (Å²) in [6.07, 6.45) is 2.15. The summed E-state index contributed by atoms with van der Waals surface area (Å²) >= 11 is 0. The molecule has 0 aliphatic heterocycles. The zero-order valence-electron chi connectivity index (χ0n) is 10.5. The molecule has 2 aromatic rings. The fraction of sp³-hybridized carbons (Fsp3) is 0.333. The molecule has 0 bridgehead atoms. The number of ether oxygens (including phenoxy) is 1. The van der Waals surface area contributed by atoms with Gasteiger partial charge in [0.1, 0.15) is 12.2 Å². The largest absolute Gasteiger partial charge is 0.474 e. The van der Waals surface area contributed by atoms with Crippen LogP contribution in [0.1, 0.15) is 18.4 Å². The van der Waals surface area contributed by atoms with Crippen molar-refractivity contribution in [3.8, 4) is 11.9 Å². The van der Waals surface area contributed by atoms with Gasteiger partial charge in [-0.05, 0) is 31.4 Å². The van der Waals surface area contributed by atoms with Crippen LogP contribution in [0.4, 0.5) is 0 Å². The summed E-state index contributed by atoms with van der Waals surface area (Å²) in [5.41, 5.74) is 7.00. The minimum absolute atomic E-state index is 0.189. The number of para-hydroxylation sites is 1. The molecule has 0 atom stereocenters. The molecule has 1 aliphatic carbocycles. The van der Waals surface area contributed by atoms with Crippen molar-refractivity contribution in [1.82, 2.24) is 4.98 Å². The van der Waals surface area contributed by atoms with Gasteiger partial charge < -0.3 is 10.5 Å². The lowest BCUT2D eigenvalue weighted by atomic mass is 9.82. The van der Waals surface area contributed by atoms with Crippen LogP contribution in [0.15, 0.2) is 30.3 Å². The Balaban J connectivity index is 1.87. The van der Waals surface area contributed by atoms with Gasteiger partial charge in [0.25, 0.3) is 0 Å². The first-order chi connectivity index (χ1) is 9.30. The number of benzene rings is 1. The van der Waals surface area contributed by atoms with Gasteiger partial charge in [-0.1, -0.05) is 18.2 Å². The predicted molar refractivity (Wildman–Crippen MR) is 72.7 cm³/mol. The van der Waals surface area contributed by atoms with Crippen LogP contribution in [0.25, 0.3) is 10.9 Å². The van der Waals surface area contributed by atoms with E-state index in [-0.39, 0.29) is 6.10 Å². The van der Waals surface area contributed by atoms with E-state index < -0.39 is 0 Å². The van der Waals surface area contributed by atoms with Gasteiger partial charge in [-0.2, -0.15) is 5.26 Å². The molecule has 1 fully saturated rings. The molecule has 1 aromatic heterocycles. The van der Waals surface area contributed by atoms with E-state index in [9.17, 15) is 5.26 Å². The van der Waals surface area contributed by atoms with Crippen molar-refractivity contribution in [2.24, 2.45) is 11.7 Å². The highest BCUT2D eigenvalue weighted by Crippen LogP contribution is 2.31. The summed E-state index contributed by atoms with van der Waals surface area (Å²) < 4.78 is 5.82. The van der Waals surface area contributed by atoms with Crippen molar-refractivity contribution in [1.29, 1.82) is 5.26 Å². The van der Waals surface area contributed by atoms with Gasteiger partial charge in [0.2, 0.25) is 5.88 Å². The van der Waals surface area contributed by atoms with E-state index in [1.54, 1.807) is 6.07 Å². The first kappa shape index (κ1) is 11.9. The van der Waals surface area contributed by atoms with Crippen molar-refractivity contribution in [2.45, 2.75) is 18.9 Å². The lowest BCUT2D eigenvalue weighted by Crippen LogP contribution is -2.37. The van der Waals surface area contributed by atoms with E-state index in [1.807, 2.05) is 24.3 Å². The normalized spacial score (nSPS) is 21.7. The van der Waals surface area contributed by atoms with Crippen LogP contribution < -0.4 is 10.5 Å². The lowest BCUT2D eigenvalue weighted by molar-refractivity contribution is 0.0652. The van der Waals surface area contributed by atoms with Crippen molar-refractivity contribution in [3.63, 3.8) is 0 Å². The van der Waals surface area contributed by atoms with Gasteiger partial charge >= 0.3 is 0 Å². The first-order valence-corrected chi connectivity index (χ1v) is 6.46. The highest BCUT2D eigenvalue weighted by Gasteiger charge is 2.30. The third-order valence-corrected chi connectivity index (χ3v) is 3.63. The number of hydrogen-bond donors (Lipinski definition) is 1. The molecule has 0 radical (unpaired) electrons. The number of rotatable bonds is 3. The van der Waals surface area contributed by atoms with Crippen LogP contribution in [-0.4, -0.2) is 17.6 Å². The maximum Gasteiger partial charge on any atom is 0.215 e. The maximum absolute atomic E-state index is 9.20. The molecule has 0 spiro atoms. The molecular weight excluding hydrogens is 238 g/mol. The average Bonchev–Trinajstić information content (AvgIpc) is 2.41. The summed E-state index contributed by atoms with van der Waals surface area (Å²) in [6.45, 7) is 0.717. The van der Waals surface area contributed by atoms with E-state index in [0.29, 0.717) is 23.9 Å². The van der Waals surface area contributed by atoms with Crippen LogP contribution in [-0.2, 0) is 0 Å². The smallest absolute Gasteiger partial charge is 0.215 e. The number of aromatic nitrogens is 1. The highest BCUT2D eigenvalue weighted by atomic mass is 16.5. The summed E-state index contributed by atoms with van der Waals surface area (Å²) in [5, 5.41) is 10.1. The Hall–Kier alpha value is -2.12. The number of pyridine rings is 1. The molecule has 3 rings (SSSR count). The molecular formula is C15H15N3O. The zero-order chi connectivity index (χ0) is 13.2. The second-order valence-corrected chi connectivity index (χ2v) is 4.95. The van der Waals surface area contributed by atoms with Crippen molar-refractivity contribution in [3.05, 3.63) is 35.9 Å². The second kappa shape index (κ2) is 4.87. The van der Waals surface area contributed by atoms with Crippen LogP contribution in [0.2, 0.25) is 0 Å². The molecule has 4 heteroatoms. The number of hydrogen-bond acceptors (Lipinski definition) is 4. The summed E-state index contributed by atoms with van der Waals surface area (Å²) in [5.74, 6) is 1.11. The maximum atomic E-state index is 9.20. The minimum Gasteiger partial charge on any atom is -0.474 e. The third-order valence-electron chi connectivity index (χ3n) is 3.63. The van der Waals surface area contributed by atoms with Crippen LogP contribution in [0.3, 0.4) is 0 Å². The van der Waals surface area contributed by atoms with Crippen molar-refractivity contribution in [2.75, 3.05) is 6.54 Å². The molecule has 0 saturated heterocycles. The number of fused-ring (bicyclic) bond motifs is 1. The predicted octanol–water partition coefficient (Wildman–Crippen LogP) is 2.22. The summed E-state index contributed by atoms with van der Waals surface area (Å²) in [4.78, 5) is 4.45. The molecule has 19 heavy (non-hydrogen) atoms. The fourth-order valence-corrected chi connectivity index (χ4v) is 2.44. The first-order valence-electron chi connectivity index (χ1n) is 6.46. The van der Waals surface area contributed by atoms with Crippen molar-refractivity contribution >= 4 is 10.9 Å². The molecule has 1 aliphatic rings. The Morgan fingerprint density at radius 3 is 2.89 bits per heavy atom. The van der Waals surface area contributed by atoms with Crippen LogP contribution in [0.5, 0.6) is 5.88 Å². The average molecular weight is 253 g/mol. The fourth-order valence-electron chi connectivity index (χ4n) is 2.44. The Bertz CT molecular complexity index is 641. The van der Waals surface area contributed by atoms with Gasteiger partial charge in [0, 0.05) is 11.5 Å². The topological polar surface area (TPSA) is 71.9 Å². The second-order valence-electron chi connectivity index (χ2n) is 4.95. The monoisotopic (exact) mass is 253 g/mol. The highest BCUT2D eigenvalue weighted by molar-refractivity contribution is 5.85. The lowest BCUT2D eigenvalue weighted by Gasteiger charge is -2.34.